The van der Waals surface area contributed by atoms with Crippen LogP contribution in [0, 0.1) is 0 Å². The molecule has 3 N–H and O–H groups in total. The number of rotatable bonds is 6. The van der Waals surface area contributed by atoms with Gasteiger partial charge in [-0.2, -0.15) is 0 Å². The number of hydrogen-bond acceptors (Lipinski definition) is 6. The van der Waals surface area contributed by atoms with Gasteiger partial charge in [0, 0.05) is 17.0 Å². The van der Waals surface area contributed by atoms with Crippen LogP contribution in [0.3, 0.4) is 0 Å². The zero-order valence-electron chi connectivity index (χ0n) is 14.8. The number of nitrogens with two attached hydrogens (primary N) is 1. The molecule has 0 radical (unpaired) electrons. The number of carbonyl (C=O) groups is 1. The van der Waals surface area contributed by atoms with Gasteiger partial charge in [0.05, 0.1) is 16.2 Å². The van der Waals surface area contributed by atoms with Crippen LogP contribution in [0.15, 0.2) is 58.5 Å². The third kappa shape index (κ3) is 4.32. The number of primary sulfonamides is 1. The van der Waals surface area contributed by atoms with Gasteiger partial charge in [-0.15, -0.1) is 0 Å². The first-order valence-corrected chi connectivity index (χ1v) is 11.3. The highest BCUT2D eigenvalue weighted by atomic mass is 32.2. The Balaban J connectivity index is 1.46. The average Bonchev–Trinajstić information content (AvgIpc) is 3.51. The molecule has 144 valence electrons. The maximum absolute atomic E-state index is 12.3. The molecule has 1 heterocycles. The lowest BCUT2D eigenvalue weighted by Crippen LogP contribution is -2.15. The van der Waals surface area contributed by atoms with Crippen molar-refractivity contribution in [1.29, 1.82) is 0 Å². The number of nitrogens with zero attached hydrogens (tertiary/aromatic N) is 2. The van der Waals surface area contributed by atoms with E-state index in [-0.39, 0.29) is 16.6 Å². The van der Waals surface area contributed by atoms with Gasteiger partial charge in [0.15, 0.2) is 0 Å². The number of carbonyl (C=O) groups excluding carboxylic acids is 1. The van der Waals surface area contributed by atoms with Gasteiger partial charge >= 0.3 is 0 Å². The number of hydrogen-bond donors (Lipinski definition) is 2. The molecule has 1 saturated carbocycles. The number of benzene rings is 2. The van der Waals surface area contributed by atoms with Crippen molar-refractivity contribution in [3.8, 4) is 0 Å². The zero-order chi connectivity index (χ0) is 19.7. The fourth-order valence-electron chi connectivity index (χ4n) is 2.76. The summed E-state index contributed by atoms with van der Waals surface area (Å²) >= 11 is 1.36. The second-order valence-electron chi connectivity index (χ2n) is 6.58. The van der Waals surface area contributed by atoms with Crippen LogP contribution in [-0.4, -0.2) is 30.0 Å². The molecule has 0 unspecified atom stereocenters. The Morgan fingerprint density at radius 3 is 2.50 bits per heavy atom. The molecule has 1 fully saturated rings. The van der Waals surface area contributed by atoms with Crippen LogP contribution in [-0.2, 0) is 14.8 Å². The van der Waals surface area contributed by atoms with Gasteiger partial charge in [0.25, 0.3) is 0 Å². The van der Waals surface area contributed by atoms with Crippen LogP contribution in [0.4, 0.5) is 5.69 Å². The highest BCUT2D eigenvalue weighted by molar-refractivity contribution is 8.00. The molecule has 0 bridgehead atoms. The smallest absolute Gasteiger partial charge is 0.238 e. The maximum Gasteiger partial charge on any atom is 0.238 e. The van der Waals surface area contributed by atoms with Gasteiger partial charge in [-0.05, 0) is 43.2 Å². The van der Waals surface area contributed by atoms with Crippen molar-refractivity contribution in [2.75, 3.05) is 11.1 Å². The zero-order valence-corrected chi connectivity index (χ0v) is 16.5. The van der Waals surface area contributed by atoms with Crippen LogP contribution < -0.4 is 10.5 Å². The van der Waals surface area contributed by atoms with E-state index >= 15 is 0 Å². The van der Waals surface area contributed by atoms with Crippen molar-refractivity contribution in [2.24, 2.45) is 5.14 Å². The Bertz CT molecular complexity index is 1140. The summed E-state index contributed by atoms with van der Waals surface area (Å²) in [6.07, 6.45) is 2.22. The number of sulfonamides is 1. The average molecular weight is 415 g/mol. The first-order valence-electron chi connectivity index (χ1n) is 8.72. The fourth-order valence-corrected chi connectivity index (χ4v) is 4.10. The molecular weight excluding hydrogens is 396 g/mol. The largest absolute Gasteiger partial charge is 0.325 e. The van der Waals surface area contributed by atoms with Gasteiger partial charge in [0.2, 0.25) is 15.9 Å². The molecular formula is C19H18N4O3S2. The Morgan fingerprint density at radius 1 is 1.11 bits per heavy atom. The quantitative estimate of drug-likeness (QED) is 0.473. The SMILES string of the molecule is NS(=O)(=O)c1ccc(NC(=O)CSc2nc(C3CC3)nc3ccccc23)cc1. The number of aromatic nitrogens is 2. The lowest BCUT2D eigenvalue weighted by atomic mass is 10.2. The van der Waals surface area contributed by atoms with Crippen molar-refractivity contribution in [3.05, 3.63) is 54.4 Å². The lowest BCUT2D eigenvalue weighted by molar-refractivity contribution is -0.113. The number of para-hydroxylation sites is 1. The normalized spacial score (nSPS) is 14.2. The maximum atomic E-state index is 12.3. The summed E-state index contributed by atoms with van der Waals surface area (Å²) < 4.78 is 22.6. The van der Waals surface area contributed by atoms with Gasteiger partial charge < -0.3 is 5.32 Å². The summed E-state index contributed by atoms with van der Waals surface area (Å²) in [6.45, 7) is 0. The number of amides is 1. The molecule has 0 aliphatic heterocycles. The monoisotopic (exact) mass is 414 g/mol. The van der Waals surface area contributed by atoms with Crippen molar-refractivity contribution in [2.45, 2.75) is 28.7 Å². The van der Waals surface area contributed by atoms with Gasteiger partial charge in [-0.1, -0.05) is 30.0 Å². The van der Waals surface area contributed by atoms with E-state index in [9.17, 15) is 13.2 Å². The molecule has 1 amide bonds. The molecule has 1 aromatic heterocycles. The summed E-state index contributed by atoms with van der Waals surface area (Å²) in [5.74, 6) is 1.25. The standard InChI is InChI=1S/C19H18N4O3S2/c20-28(25,26)14-9-7-13(8-10-14)21-17(24)11-27-19-15-3-1-2-4-16(15)22-18(23-19)12-5-6-12/h1-4,7-10,12H,5-6,11H2,(H,21,24)(H2,20,25,26). The van der Waals surface area contributed by atoms with Crippen LogP contribution in [0.2, 0.25) is 0 Å². The van der Waals surface area contributed by atoms with Gasteiger partial charge in [-0.25, -0.2) is 23.5 Å². The van der Waals surface area contributed by atoms with E-state index in [1.165, 1.54) is 36.0 Å². The Hall–Kier alpha value is -2.49. The van der Waals surface area contributed by atoms with Crippen molar-refractivity contribution < 1.29 is 13.2 Å². The molecule has 3 aromatic rings. The molecule has 1 aliphatic rings. The molecule has 0 spiro atoms. The highest BCUT2D eigenvalue weighted by Crippen LogP contribution is 2.39. The molecule has 0 atom stereocenters. The summed E-state index contributed by atoms with van der Waals surface area (Å²) in [6, 6.07) is 13.5. The van der Waals surface area contributed by atoms with E-state index in [4.69, 9.17) is 5.14 Å². The van der Waals surface area contributed by atoms with Crippen molar-refractivity contribution in [1.82, 2.24) is 9.97 Å². The summed E-state index contributed by atoms with van der Waals surface area (Å²) in [7, 11) is -3.75. The number of thioether (sulfide) groups is 1. The highest BCUT2D eigenvalue weighted by Gasteiger charge is 2.27. The van der Waals surface area contributed by atoms with E-state index in [1.807, 2.05) is 24.3 Å². The van der Waals surface area contributed by atoms with E-state index in [0.717, 1.165) is 34.6 Å². The van der Waals surface area contributed by atoms with E-state index in [0.29, 0.717) is 11.6 Å². The third-order valence-electron chi connectivity index (χ3n) is 4.33. The third-order valence-corrected chi connectivity index (χ3v) is 6.26. The second-order valence-corrected chi connectivity index (χ2v) is 9.11. The minimum Gasteiger partial charge on any atom is -0.325 e. The molecule has 28 heavy (non-hydrogen) atoms. The minimum atomic E-state index is -3.75. The van der Waals surface area contributed by atoms with Crippen LogP contribution >= 0.6 is 11.8 Å². The van der Waals surface area contributed by atoms with Gasteiger partial charge in [-0.3, -0.25) is 4.79 Å². The molecule has 2 aromatic carbocycles. The molecule has 4 rings (SSSR count). The first kappa shape index (κ1) is 18.9. The predicted molar refractivity (Wildman–Crippen MR) is 109 cm³/mol. The topological polar surface area (TPSA) is 115 Å². The number of fused-ring (bicyclic) bond motifs is 1. The summed E-state index contributed by atoms with van der Waals surface area (Å²) in [5.41, 5.74) is 1.39. The van der Waals surface area contributed by atoms with Gasteiger partial charge in [0.1, 0.15) is 10.9 Å². The molecule has 1 aliphatic carbocycles. The van der Waals surface area contributed by atoms with E-state index in [2.05, 4.69) is 15.3 Å². The second kappa shape index (κ2) is 7.50. The predicted octanol–water partition coefficient (Wildman–Crippen LogP) is 2.89. The number of nitrogens with one attached hydrogen (secondary N) is 1. The van der Waals surface area contributed by atoms with E-state index < -0.39 is 10.0 Å². The van der Waals surface area contributed by atoms with Crippen LogP contribution in [0.5, 0.6) is 0 Å². The fraction of sp³-hybridized carbons (Fsp3) is 0.211. The minimum absolute atomic E-state index is 0.0000604. The summed E-state index contributed by atoms with van der Waals surface area (Å²) in [4.78, 5) is 21.6. The number of anilines is 1. The lowest BCUT2D eigenvalue weighted by Gasteiger charge is -2.09. The molecule has 0 saturated heterocycles. The van der Waals surface area contributed by atoms with Crippen molar-refractivity contribution >= 4 is 44.3 Å². The molecule has 7 nitrogen and oxygen atoms in total. The Morgan fingerprint density at radius 2 is 1.82 bits per heavy atom. The Labute approximate surface area is 166 Å². The summed E-state index contributed by atoms with van der Waals surface area (Å²) in [5, 5.41) is 9.55. The Kier molecular flexibility index (Phi) is 5.05. The molecule has 9 heteroatoms. The van der Waals surface area contributed by atoms with Crippen LogP contribution in [0.25, 0.3) is 10.9 Å². The van der Waals surface area contributed by atoms with Crippen molar-refractivity contribution in [3.63, 3.8) is 0 Å². The first-order chi connectivity index (χ1) is 13.4. The van der Waals surface area contributed by atoms with Crippen LogP contribution in [0.1, 0.15) is 24.6 Å². The van der Waals surface area contributed by atoms with E-state index in [1.54, 1.807) is 0 Å².